The van der Waals surface area contributed by atoms with Crippen LogP contribution in [-0.2, 0) is 0 Å². The number of hydrogen-bond donors (Lipinski definition) is 1. The van der Waals surface area contributed by atoms with Crippen LogP contribution in [0.2, 0.25) is 0 Å². The number of benzene rings is 1. The van der Waals surface area contributed by atoms with Gasteiger partial charge in [0.05, 0.1) is 0 Å². The van der Waals surface area contributed by atoms with Gasteiger partial charge in [-0.2, -0.15) is 0 Å². The summed E-state index contributed by atoms with van der Waals surface area (Å²) in [5.41, 5.74) is 1.66. The van der Waals surface area contributed by atoms with Gasteiger partial charge in [0, 0.05) is 11.8 Å². The van der Waals surface area contributed by atoms with Crippen LogP contribution in [0.5, 0.6) is 0 Å². The van der Waals surface area contributed by atoms with E-state index >= 15 is 0 Å². The summed E-state index contributed by atoms with van der Waals surface area (Å²) in [6, 6.07) is 7.51. The van der Waals surface area contributed by atoms with Crippen molar-refractivity contribution in [3.05, 3.63) is 53.7 Å². The van der Waals surface area contributed by atoms with Gasteiger partial charge < -0.3 is 5.32 Å². The SMILES string of the molecule is O=C1N/C=C\C=C/c2ccccc21. The summed E-state index contributed by atoms with van der Waals surface area (Å²) in [4.78, 5) is 11.5. The molecule has 1 aliphatic heterocycles. The van der Waals surface area contributed by atoms with Gasteiger partial charge in [-0.05, 0) is 17.7 Å². The van der Waals surface area contributed by atoms with Crippen molar-refractivity contribution >= 4 is 12.0 Å². The van der Waals surface area contributed by atoms with E-state index in [9.17, 15) is 4.79 Å². The number of hydrogen-bond acceptors (Lipinski definition) is 1. The van der Waals surface area contributed by atoms with Crippen molar-refractivity contribution in [2.24, 2.45) is 0 Å². The number of amides is 1. The molecule has 1 heterocycles. The summed E-state index contributed by atoms with van der Waals surface area (Å²) >= 11 is 0. The molecule has 0 atom stereocenters. The number of fused-ring (bicyclic) bond motifs is 1. The van der Waals surface area contributed by atoms with Crippen LogP contribution in [0.15, 0.2) is 42.6 Å². The first-order valence-electron chi connectivity index (χ1n) is 4.11. The van der Waals surface area contributed by atoms with Gasteiger partial charge in [0.2, 0.25) is 0 Å². The maximum Gasteiger partial charge on any atom is 0.255 e. The molecule has 2 rings (SSSR count). The van der Waals surface area contributed by atoms with E-state index in [0.717, 1.165) is 5.56 Å². The van der Waals surface area contributed by atoms with Crippen molar-refractivity contribution in [1.82, 2.24) is 5.32 Å². The standard InChI is InChI=1S/C11H9NO/c13-11-10-7-2-1-5-9(10)6-3-4-8-12-11/h1-8H,(H,12,13). The molecular weight excluding hydrogens is 162 g/mol. The second-order valence-electron chi connectivity index (χ2n) is 2.78. The summed E-state index contributed by atoms with van der Waals surface area (Å²) in [6.45, 7) is 0. The van der Waals surface area contributed by atoms with Gasteiger partial charge in [0.1, 0.15) is 0 Å². The Kier molecular flexibility index (Phi) is 1.96. The van der Waals surface area contributed by atoms with Gasteiger partial charge in [-0.1, -0.05) is 30.4 Å². The lowest BCUT2D eigenvalue weighted by Gasteiger charge is -2.05. The van der Waals surface area contributed by atoms with Crippen molar-refractivity contribution in [1.29, 1.82) is 0 Å². The third-order valence-electron chi connectivity index (χ3n) is 1.90. The quantitative estimate of drug-likeness (QED) is 0.635. The Bertz CT molecular complexity index is 391. The van der Waals surface area contributed by atoms with Crippen LogP contribution in [-0.4, -0.2) is 5.91 Å². The highest BCUT2D eigenvalue weighted by molar-refractivity contribution is 5.98. The molecule has 0 spiro atoms. The molecule has 0 aromatic heterocycles. The summed E-state index contributed by atoms with van der Waals surface area (Å²) in [6.07, 6.45) is 7.26. The lowest BCUT2D eigenvalue weighted by molar-refractivity contribution is 0.0970. The third-order valence-corrected chi connectivity index (χ3v) is 1.90. The normalized spacial score (nSPS) is 19.2. The Morgan fingerprint density at radius 1 is 1.08 bits per heavy atom. The largest absolute Gasteiger partial charge is 0.329 e. The van der Waals surface area contributed by atoms with E-state index in [1.54, 1.807) is 12.3 Å². The van der Waals surface area contributed by atoms with Crippen LogP contribution in [0.3, 0.4) is 0 Å². The molecule has 1 aromatic carbocycles. The average molecular weight is 171 g/mol. The minimum atomic E-state index is -0.0591. The minimum absolute atomic E-state index is 0.0591. The van der Waals surface area contributed by atoms with Gasteiger partial charge in [-0.3, -0.25) is 4.79 Å². The van der Waals surface area contributed by atoms with Gasteiger partial charge in [0.15, 0.2) is 0 Å². The number of allylic oxidation sites excluding steroid dienone is 2. The average Bonchev–Trinajstić information content (AvgIpc) is 2.14. The van der Waals surface area contributed by atoms with Crippen molar-refractivity contribution in [3.63, 3.8) is 0 Å². The first-order valence-corrected chi connectivity index (χ1v) is 4.11. The maximum atomic E-state index is 11.5. The van der Waals surface area contributed by atoms with Crippen LogP contribution in [0.1, 0.15) is 15.9 Å². The van der Waals surface area contributed by atoms with E-state index in [-0.39, 0.29) is 5.91 Å². The molecule has 1 N–H and O–H groups in total. The molecule has 0 fully saturated rings. The van der Waals surface area contributed by atoms with Crippen LogP contribution in [0.25, 0.3) is 6.08 Å². The lowest BCUT2D eigenvalue weighted by atomic mass is 10.1. The highest BCUT2D eigenvalue weighted by atomic mass is 16.1. The third kappa shape index (κ3) is 1.51. The van der Waals surface area contributed by atoms with E-state index in [0.29, 0.717) is 5.56 Å². The van der Waals surface area contributed by atoms with E-state index in [4.69, 9.17) is 0 Å². The van der Waals surface area contributed by atoms with E-state index in [1.165, 1.54) is 0 Å². The number of nitrogens with one attached hydrogen (secondary N) is 1. The second kappa shape index (κ2) is 3.27. The molecule has 1 aromatic rings. The molecule has 0 saturated carbocycles. The van der Waals surface area contributed by atoms with Crippen LogP contribution in [0, 0.1) is 0 Å². The molecule has 2 nitrogen and oxygen atoms in total. The number of rotatable bonds is 0. The topological polar surface area (TPSA) is 29.1 Å². The Labute approximate surface area is 76.6 Å². The van der Waals surface area contributed by atoms with Crippen molar-refractivity contribution < 1.29 is 4.79 Å². The zero-order valence-corrected chi connectivity index (χ0v) is 7.03. The van der Waals surface area contributed by atoms with E-state index < -0.39 is 0 Å². The fraction of sp³-hybridized carbons (Fsp3) is 0. The Hall–Kier alpha value is -1.83. The Morgan fingerprint density at radius 3 is 2.85 bits per heavy atom. The summed E-state index contributed by atoms with van der Waals surface area (Å²) < 4.78 is 0. The molecule has 0 unspecified atom stereocenters. The molecule has 0 saturated heterocycles. The van der Waals surface area contributed by atoms with Gasteiger partial charge in [-0.25, -0.2) is 0 Å². The molecule has 0 aliphatic carbocycles. The monoisotopic (exact) mass is 171 g/mol. The van der Waals surface area contributed by atoms with Crippen molar-refractivity contribution in [3.8, 4) is 0 Å². The summed E-state index contributed by atoms with van der Waals surface area (Å²) in [5, 5.41) is 2.67. The van der Waals surface area contributed by atoms with Crippen LogP contribution < -0.4 is 5.32 Å². The molecule has 1 amide bonds. The van der Waals surface area contributed by atoms with E-state index in [1.807, 2.05) is 36.4 Å². The van der Waals surface area contributed by atoms with Gasteiger partial charge in [-0.15, -0.1) is 0 Å². The Morgan fingerprint density at radius 2 is 1.92 bits per heavy atom. The molecule has 64 valence electrons. The Balaban J connectivity index is 2.55. The smallest absolute Gasteiger partial charge is 0.255 e. The van der Waals surface area contributed by atoms with Crippen molar-refractivity contribution in [2.75, 3.05) is 0 Å². The van der Waals surface area contributed by atoms with Crippen LogP contribution >= 0.6 is 0 Å². The summed E-state index contributed by atoms with van der Waals surface area (Å²) in [5.74, 6) is -0.0591. The van der Waals surface area contributed by atoms with Crippen LogP contribution in [0.4, 0.5) is 0 Å². The first-order chi connectivity index (χ1) is 6.38. The fourth-order valence-corrected chi connectivity index (χ4v) is 1.27. The molecule has 2 heteroatoms. The molecule has 0 radical (unpaired) electrons. The lowest BCUT2D eigenvalue weighted by Crippen LogP contribution is -2.18. The maximum absolute atomic E-state index is 11.5. The highest BCUT2D eigenvalue weighted by Crippen LogP contribution is 2.11. The predicted octanol–water partition coefficient (Wildman–Crippen LogP) is 1.96. The second-order valence-corrected chi connectivity index (χ2v) is 2.78. The molecule has 1 aliphatic rings. The zero-order valence-electron chi connectivity index (χ0n) is 7.03. The first kappa shape index (κ1) is 7.80. The van der Waals surface area contributed by atoms with E-state index in [2.05, 4.69) is 5.32 Å². The summed E-state index contributed by atoms with van der Waals surface area (Å²) in [7, 11) is 0. The van der Waals surface area contributed by atoms with Gasteiger partial charge in [0.25, 0.3) is 5.91 Å². The predicted molar refractivity (Wildman–Crippen MR) is 52.1 cm³/mol. The minimum Gasteiger partial charge on any atom is -0.329 e. The highest BCUT2D eigenvalue weighted by Gasteiger charge is 2.07. The zero-order chi connectivity index (χ0) is 9.10. The number of carbonyl (C=O) groups is 1. The van der Waals surface area contributed by atoms with Gasteiger partial charge >= 0.3 is 0 Å². The van der Waals surface area contributed by atoms with Crippen molar-refractivity contribution in [2.45, 2.75) is 0 Å². The molecule has 13 heavy (non-hydrogen) atoms. The molecule has 0 bridgehead atoms. The molecular formula is C11H9NO. The fourth-order valence-electron chi connectivity index (χ4n) is 1.27. The number of carbonyl (C=O) groups excluding carboxylic acids is 1.